The molecule has 0 aliphatic rings. The van der Waals surface area contributed by atoms with Gasteiger partial charge in [-0.3, -0.25) is 0 Å². The first-order chi connectivity index (χ1) is 7.63. The van der Waals surface area contributed by atoms with Crippen molar-refractivity contribution in [1.29, 1.82) is 0 Å². The van der Waals surface area contributed by atoms with Crippen LogP contribution in [-0.2, 0) is 11.3 Å². The first kappa shape index (κ1) is 13.7. The molecule has 0 spiro atoms. The molecule has 1 rings (SSSR count). The number of aryl methyl sites for hydroxylation is 1. The summed E-state index contributed by atoms with van der Waals surface area (Å²) >= 11 is 3.50. The SMILES string of the molecule is CCOC(C)CNCc1ccc(Br)c(C)c1. The Labute approximate surface area is 107 Å². The summed E-state index contributed by atoms with van der Waals surface area (Å²) in [4.78, 5) is 0. The van der Waals surface area contributed by atoms with Crippen LogP contribution in [0.15, 0.2) is 22.7 Å². The van der Waals surface area contributed by atoms with Crippen molar-refractivity contribution < 1.29 is 4.74 Å². The van der Waals surface area contributed by atoms with Gasteiger partial charge in [0.2, 0.25) is 0 Å². The van der Waals surface area contributed by atoms with Crippen molar-refractivity contribution in [3.63, 3.8) is 0 Å². The fourth-order valence-corrected chi connectivity index (χ4v) is 1.83. The summed E-state index contributed by atoms with van der Waals surface area (Å²) < 4.78 is 6.62. The average Bonchev–Trinajstić information content (AvgIpc) is 2.24. The minimum Gasteiger partial charge on any atom is -0.377 e. The number of rotatable bonds is 6. The Balaban J connectivity index is 2.34. The van der Waals surface area contributed by atoms with Crippen molar-refractivity contribution in [3.05, 3.63) is 33.8 Å². The maximum absolute atomic E-state index is 5.45. The summed E-state index contributed by atoms with van der Waals surface area (Å²) in [6.45, 7) is 8.78. The second kappa shape index (κ2) is 7.05. The van der Waals surface area contributed by atoms with Crippen LogP contribution in [0.5, 0.6) is 0 Å². The van der Waals surface area contributed by atoms with E-state index in [1.54, 1.807) is 0 Å². The molecule has 0 radical (unpaired) electrons. The highest BCUT2D eigenvalue weighted by Crippen LogP contribution is 2.16. The van der Waals surface area contributed by atoms with Crippen LogP contribution >= 0.6 is 15.9 Å². The van der Waals surface area contributed by atoms with E-state index in [-0.39, 0.29) is 6.10 Å². The predicted molar refractivity (Wildman–Crippen MR) is 71.7 cm³/mol. The molecular weight excluding hydrogens is 266 g/mol. The first-order valence-corrected chi connectivity index (χ1v) is 6.50. The van der Waals surface area contributed by atoms with E-state index in [1.165, 1.54) is 15.6 Å². The normalized spacial score (nSPS) is 12.8. The molecule has 0 fully saturated rings. The van der Waals surface area contributed by atoms with Gasteiger partial charge in [-0.05, 0) is 38.0 Å². The number of halogens is 1. The monoisotopic (exact) mass is 285 g/mol. The van der Waals surface area contributed by atoms with Crippen LogP contribution < -0.4 is 5.32 Å². The van der Waals surface area contributed by atoms with Gasteiger partial charge in [-0.25, -0.2) is 0 Å². The van der Waals surface area contributed by atoms with Crippen molar-refractivity contribution in [1.82, 2.24) is 5.32 Å². The van der Waals surface area contributed by atoms with Gasteiger partial charge >= 0.3 is 0 Å². The van der Waals surface area contributed by atoms with Crippen LogP contribution in [0.25, 0.3) is 0 Å². The van der Waals surface area contributed by atoms with Gasteiger partial charge in [-0.15, -0.1) is 0 Å². The molecule has 0 aromatic heterocycles. The van der Waals surface area contributed by atoms with Crippen LogP contribution in [-0.4, -0.2) is 19.3 Å². The van der Waals surface area contributed by atoms with Gasteiger partial charge in [0.25, 0.3) is 0 Å². The molecule has 1 aromatic rings. The predicted octanol–water partition coefficient (Wildman–Crippen LogP) is 3.27. The molecule has 0 aliphatic carbocycles. The zero-order valence-corrected chi connectivity index (χ0v) is 11.8. The quantitative estimate of drug-likeness (QED) is 0.866. The molecule has 0 aliphatic heterocycles. The van der Waals surface area contributed by atoms with Gasteiger partial charge < -0.3 is 10.1 Å². The number of hydrogen-bond donors (Lipinski definition) is 1. The number of hydrogen-bond acceptors (Lipinski definition) is 2. The van der Waals surface area contributed by atoms with E-state index in [0.29, 0.717) is 0 Å². The fraction of sp³-hybridized carbons (Fsp3) is 0.538. The summed E-state index contributed by atoms with van der Waals surface area (Å²) in [7, 11) is 0. The van der Waals surface area contributed by atoms with Crippen LogP contribution in [0.1, 0.15) is 25.0 Å². The highest BCUT2D eigenvalue weighted by atomic mass is 79.9. The molecule has 0 amide bonds. The third kappa shape index (κ3) is 4.64. The van der Waals surface area contributed by atoms with E-state index >= 15 is 0 Å². The van der Waals surface area contributed by atoms with Gasteiger partial charge in [0.1, 0.15) is 0 Å². The van der Waals surface area contributed by atoms with Crippen LogP contribution in [0, 0.1) is 6.92 Å². The highest BCUT2D eigenvalue weighted by Gasteiger charge is 2.01. The zero-order chi connectivity index (χ0) is 12.0. The minimum absolute atomic E-state index is 0.279. The summed E-state index contributed by atoms with van der Waals surface area (Å²) in [5, 5.41) is 3.39. The Morgan fingerprint density at radius 2 is 2.19 bits per heavy atom. The van der Waals surface area contributed by atoms with Gasteiger partial charge in [0.05, 0.1) is 6.10 Å². The minimum atomic E-state index is 0.279. The van der Waals surface area contributed by atoms with Crippen molar-refractivity contribution in [2.24, 2.45) is 0 Å². The Kier molecular flexibility index (Phi) is 6.03. The first-order valence-electron chi connectivity index (χ1n) is 5.70. The Hall–Kier alpha value is -0.380. The lowest BCUT2D eigenvalue weighted by Gasteiger charge is -2.12. The smallest absolute Gasteiger partial charge is 0.0671 e. The van der Waals surface area contributed by atoms with E-state index in [4.69, 9.17) is 4.74 Å². The highest BCUT2D eigenvalue weighted by molar-refractivity contribution is 9.10. The third-order valence-electron chi connectivity index (χ3n) is 2.43. The van der Waals surface area contributed by atoms with Crippen LogP contribution in [0.3, 0.4) is 0 Å². The summed E-state index contributed by atoms with van der Waals surface area (Å²) in [5.74, 6) is 0. The third-order valence-corrected chi connectivity index (χ3v) is 3.32. The van der Waals surface area contributed by atoms with Crippen LogP contribution in [0.2, 0.25) is 0 Å². The molecule has 90 valence electrons. The molecule has 0 bridgehead atoms. The molecule has 16 heavy (non-hydrogen) atoms. The molecule has 0 saturated carbocycles. The van der Waals surface area contributed by atoms with E-state index in [0.717, 1.165) is 19.7 Å². The summed E-state index contributed by atoms with van der Waals surface area (Å²) in [5.41, 5.74) is 2.58. The van der Waals surface area contributed by atoms with E-state index in [2.05, 4.69) is 53.3 Å². The van der Waals surface area contributed by atoms with E-state index in [1.807, 2.05) is 6.92 Å². The van der Waals surface area contributed by atoms with E-state index in [9.17, 15) is 0 Å². The molecule has 3 heteroatoms. The summed E-state index contributed by atoms with van der Waals surface area (Å²) in [6.07, 6.45) is 0.279. The largest absolute Gasteiger partial charge is 0.377 e. The van der Waals surface area contributed by atoms with Crippen molar-refractivity contribution >= 4 is 15.9 Å². The lowest BCUT2D eigenvalue weighted by molar-refractivity contribution is 0.0759. The van der Waals surface area contributed by atoms with Crippen LogP contribution in [0.4, 0.5) is 0 Å². The standard InChI is InChI=1S/C13H20BrNO/c1-4-16-11(3)8-15-9-12-5-6-13(14)10(2)7-12/h5-7,11,15H,4,8-9H2,1-3H3. The van der Waals surface area contributed by atoms with Gasteiger partial charge in [0.15, 0.2) is 0 Å². The molecule has 1 unspecified atom stereocenters. The zero-order valence-electron chi connectivity index (χ0n) is 10.2. The molecule has 1 atom stereocenters. The molecule has 1 aromatic carbocycles. The van der Waals surface area contributed by atoms with Crippen molar-refractivity contribution in [2.45, 2.75) is 33.4 Å². The van der Waals surface area contributed by atoms with E-state index < -0.39 is 0 Å². The van der Waals surface area contributed by atoms with Gasteiger partial charge in [0, 0.05) is 24.2 Å². The van der Waals surface area contributed by atoms with Gasteiger partial charge in [-0.1, -0.05) is 28.1 Å². The Morgan fingerprint density at radius 1 is 1.44 bits per heavy atom. The van der Waals surface area contributed by atoms with Gasteiger partial charge in [-0.2, -0.15) is 0 Å². The second-order valence-corrected chi connectivity index (χ2v) is 4.83. The second-order valence-electron chi connectivity index (χ2n) is 3.98. The Morgan fingerprint density at radius 3 is 2.81 bits per heavy atom. The lowest BCUT2D eigenvalue weighted by Crippen LogP contribution is -2.26. The molecule has 2 nitrogen and oxygen atoms in total. The molecular formula is C13H20BrNO. The lowest BCUT2D eigenvalue weighted by atomic mass is 10.1. The maximum atomic E-state index is 5.45. The fourth-order valence-electron chi connectivity index (χ4n) is 1.58. The number of nitrogens with one attached hydrogen (secondary N) is 1. The van der Waals surface area contributed by atoms with Crippen molar-refractivity contribution in [3.8, 4) is 0 Å². The topological polar surface area (TPSA) is 21.3 Å². The number of ether oxygens (including phenoxy) is 1. The molecule has 0 saturated heterocycles. The molecule has 1 N–H and O–H groups in total. The summed E-state index contributed by atoms with van der Waals surface area (Å²) in [6, 6.07) is 6.43. The Bertz CT molecular complexity index is 328. The maximum Gasteiger partial charge on any atom is 0.0671 e. The van der Waals surface area contributed by atoms with Crippen molar-refractivity contribution in [2.75, 3.05) is 13.2 Å². The number of benzene rings is 1. The molecule has 0 heterocycles. The average molecular weight is 286 g/mol.